The minimum Gasteiger partial charge on any atom is -0.480 e. The normalized spacial score (nSPS) is 13.3. The van der Waals surface area contributed by atoms with Gasteiger partial charge in [-0.1, -0.05) is 37.6 Å². The zero-order valence-corrected chi connectivity index (χ0v) is 15.4. The van der Waals surface area contributed by atoms with Gasteiger partial charge in [0.25, 0.3) is 5.91 Å². The SMILES string of the molecule is CC[C@H](C)[C@H](NC(=O)c1nnn(-c2cccc3cnccc23)c1C)C(=O)O. The zero-order chi connectivity index (χ0) is 19.6. The van der Waals surface area contributed by atoms with Gasteiger partial charge in [-0.3, -0.25) is 9.78 Å². The van der Waals surface area contributed by atoms with Gasteiger partial charge < -0.3 is 10.4 Å². The number of carboxylic acids is 1. The van der Waals surface area contributed by atoms with Gasteiger partial charge in [0.2, 0.25) is 0 Å². The van der Waals surface area contributed by atoms with Crippen LogP contribution in [0.5, 0.6) is 0 Å². The van der Waals surface area contributed by atoms with Gasteiger partial charge >= 0.3 is 5.97 Å². The lowest BCUT2D eigenvalue weighted by atomic mass is 9.99. The maximum absolute atomic E-state index is 12.6. The molecule has 0 aliphatic rings. The standard InChI is InChI=1S/C19H21N5O3/c1-4-11(2)16(19(26)27)21-18(25)17-12(3)24(23-22-17)15-7-5-6-13-10-20-9-8-14(13)15/h5-11,16H,4H2,1-3H3,(H,21,25)(H,26,27)/t11-,16-/m0/s1. The van der Waals surface area contributed by atoms with E-state index in [9.17, 15) is 14.7 Å². The monoisotopic (exact) mass is 367 g/mol. The van der Waals surface area contributed by atoms with Gasteiger partial charge in [0.15, 0.2) is 5.69 Å². The van der Waals surface area contributed by atoms with Crippen LogP contribution in [0.4, 0.5) is 0 Å². The molecule has 2 heterocycles. The predicted octanol–water partition coefficient (Wildman–Crippen LogP) is 2.35. The number of carbonyl (C=O) groups excluding carboxylic acids is 1. The fourth-order valence-electron chi connectivity index (χ4n) is 2.95. The van der Waals surface area contributed by atoms with E-state index < -0.39 is 17.9 Å². The topological polar surface area (TPSA) is 110 Å². The number of carboxylic acid groups (broad SMARTS) is 1. The summed E-state index contributed by atoms with van der Waals surface area (Å²) in [6.07, 6.45) is 4.07. The Balaban J connectivity index is 1.95. The summed E-state index contributed by atoms with van der Waals surface area (Å²) in [4.78, 5) is 28.2. The van der Waals surface area contributed by atoms with Crippen LogP contribution in [0, 0.1) is 12.8 Å². The Morgan fingerprint density at radius 2 is 2.07 bits per heavy atom. The third-order valence-electron chi connectivity index (χ3n) is 4.76. The Bertz CT molecular complexity index is 993. The van der Waals surface area contributed by atoms with Gasteiger partial charge in [-0.05, 0) is 25.0 Å². The molecule has 1 aromatic carbocycles. The van der Waals surface area contributed by atoms with Crippen molar-refractivity contribution in [3.63, 3.8) is 0 Å². The Labute approximate surface area is 156 Å². The Hall–Kier alpha value is -3.29. The van der Waals surface area contributed by atoms with Crippen LogP contribution in [-0.4, -0.2) is 43.0 Å². The van der Waals surface area contributed by atoms with Crippen LogP contribution in [-0.2, 0) is 4.79 Å². The summed E-state index contributed by atoms with van der Waals surface area (Å²) in [5.74, 6) is -1.81. The predicted molar refractivity (Wildman–Crippen MR) is 99.7 cm³/mol. The maximum Gasteiger partial charge on any atom is 0.326 e. The molecule has 2 aromatic heterocycles. The number of nitrogens with zero attached hydrogens (tertiary/aromatic N) is 4. The third kappa shape index (κ3) is 3.51. The van der Waals surface area contributed by atoms with Crippen LogP contribution in [0.2, 0.25) is 0 Å². The number of pyridine rings is 1. The van der Waals surface area contributed by atoms with Crippen molar-refractivity contribution in [2.24, 2.45) is 5.92 Å². The van der Waals surface area contributed by atoms with E-state index in [2.05, 4.69) is 20.6 Å². The number of hydrogen-bond acceptors (Lipinski definition) is 5. The van der Waals surface area contributed by atoms with Crippen molar-refractivity contribution >= 4 is 22.6 Å². The van der Waals surface area contributed by atoms with E-state index in [4.69, 9.17) is 0 Å². The minimum atomic E-state index is -1.07. The Morgan fingerprint density at radius 3 is 2.78 bits per heavy atom. The van der Waals surface area contributed by atoms with Crippen molar-refractivity contribution in [1.82, 2.24) is 25.3 Å². The number of amides is 1. The summed E-state index contributed by atoms with van der Waals surface area (Å²) in [6.45, 7) is 5.39. The molecule has 0 aliphatic carbocycles. The maximum atomic E-state index is 12.6. The number of fused-ring (bicyclic) bond motifs is 1. The van der Waals surface area contributed by atoms with E-state index in [1.165, 1.54) is 0 Å². The lowest BCUT2D eigenvalue weighted by Gasteiger charge is -2.19. The van der Waals surface area contributed by atoms with Crippen molar-refractivity contribution in [2.75, 3.05) is 0 Å². The Kier molecular flexibility index (Phi) is 5.16. The summed E-state index contributed by atoms with van der Waals surface area (Å²) in [5, 5.41) is 21.9. The fraction of sp³-hybridized carbons (Fsp3) is 0.316. The van der Waals surface area contributed by atoms with Crippen molar-refractivity contribution in [2.45, 2.75) is 33.2 Å². The van der Waals surface area contributed by atoms with Crippen molar-refractivity contribution in [1.29, 1.82) is 0 Å². The molecule has 0 unspecified atom stereocenters. The van der Waals surface area contributed by atoms with Crippen LogP contribution in [0.3, 0.4) is 0 Å². The largest absolute Gasteiger partial charge is 0.480 e. The summed E-state index contributed by atoms with van der Waals surface area (Å²) in [6, 6.07) is 6.59. The molecule has 2 N–H and O–H groups in total. The van der Waals surface area contributed by atoms with Gasteiger partial charge in [0.05, 0.1) is 11.4 Å². The second-order valence-electron chi connectivity index (χ2n) is 6.48. The van der Waals surface area contributed by atoms with E-state index in [-0.39, 0.29) is 11.6 Å². The van der Waals surface area contributed by atoms with Gasteiger partial charge in [0, 0.05) is 23.2 Å². The van der Waals surface area contributed by atoms with E-state index in [0.717, 1.165) is 16.5 Å². The molecule has 8 heteroatoms. The molecule has 27 heavy (non-hydrogen) atoms. The van der Waals surface area contributed by atoms with Crippen LogP contribution in [0.15, 0.2) is 36.7 Å². The Morgan fingerprint density at radius 1 is 1.30 bits per heavy atom. The summed E-state index contributed by atoms with van der Waals surface area (Å²) in [7, 11) is 0. The van der Waals surface area contributed by atoms with E-state index in [1.807, 2.05) is 31.2 Å². The summed E-state index contributed by atoms with van der Waals surface area (Å²) < 4.78 is 1.58. The molecule has 0 aliphatic heterocycles. The molecular weight excluding hydrogens is 346 g/mol. The molecule has 0 fully saturated rings. The van der Waals surface area contributed by atoms with E-state index in [0.29, 0.717) is 12.1 Å². The second-order valence-corrected chi connectivity index (χ2v) is 6.48. The molecule has 140 valence electrons. The average Bonchev–Trinajstić information content (AvgIpc) is 3.06. The number of aromatic nitrogens is 4. The fourth-order valence-corrected chi connectivity index (χ4v) is 2.95. The lowest BCUT2D eigenvalue weighted by molar-refractivity contribution is -0.140. The zero-order valence-electron chi connectivity index (χ0n) is 15.4. The number of aliphatic carboxylic acids is 1. The molecule has 3 rings (SSSR count). The van der Waals surface area contributed by atoms with Crippen molar-refractivity contribution in [3.8, 4) is 5.69 Å². The van der Waals surface area contributed by atoms with Crippen molar-refractivity contribution < 1.29 is 14.7 Å². The molecule has 0 saturated heterocycles. The molecule has 3 aromatic rings. The molecule has 0 spiro atoms. The number of nitrogens with one attached hydrogen (secondary N) is 1. The molecule has 1 amide bonds. The first-order valence-electron chi connectivity index (χ1n) is 8.73. The molecule has 8 nitrogen and oxygen atoms in total. The van der Waals surface area contributed by atoms with Gasteiger partial charge in [-0.25, -0.2) is 9.48 Å². The van der Waals surface area contributed by atoms with E-state index >= 15 is 0 Å². The summed E-state index contributed by atoms with van der Waals surface area (Å²) >= 11 is 0. The quantitative estimate of drug-likeness (QED) is 0.692. The lowest BCUT2D eigenvalue weighted by Crippen LogP contribution is -2.45. The highest BCUT2D eigenvalue weighted by molar-refractivity contribution is 5.96. The second kappa shape index (κ2) is 7.53. The highest BCUT2D eigenvalue weighted by Gasteiger charge is 2.28. The molecular formula is C19H21N5O3. The smallest absolute Gasteiger partial charge is 0.326 e. The molecule has 2 atom stereocenters. The van der Waals surface area contributed by atoms with E-state index in [1.54, 1.807) is 30.9 Å². The highest BCUT2D eigenvalue weighted by Crippen LogP contribution is 2.22. The highest BCUT2D eigenvalue weighted by atomic mass is 16.4. The van der Waals surface area contributed by atoms with Crippen molar-refractivity contribution in [3.05, 3.63) is 48.0 Å². The molecule has 0 radical (unpaired) electrons. The van der Waals surface area contributed by atoms with Crippen LogP contribution in [0.1, 0.15) is 36.5 Å². The number of benzene rings is 1. The van der Waals surface area contributed by atoms with Crippen LogP contribution in [0.25, 0.3) is 16.5 Å². The van der Waals surface area contributed by atoms with Crippen LogP contribution < -0.4 is 5.32 Å². The first kappa shape index (κ1) is 18.5. The number of hydrogen-bond donors (Lipinski definition) is 2. The molecule has 0 saturated carbocycles. The third-order valence-corrected chi connectivity index (χ3v) is 4.76. The first-order valence-corrected chi connectivity index (χ1v) is 8.73. The van der Waals surface area contributed by atoms with Gasteiger partial charge in [-0.15, -0.1) is 5.10 Å². The van der Waals surface area contributed by atoms with Gasteiger partial charge in [-0.2, -0.15) is 0 Å². The average molecular weight is 367 g/mol. The molecule has 0 bridgehead atoms. The number of carbonyl (C=O) groups is 2. The van der Waals surface area contributed by atoms with Crippen LogP contribution >= 0.6 is 0 Å². The van der Waals surface area contributed by atoms with Gasteiger partial charge in [0.1, 0.15) is 6.04 Å². The minimum absolute atomic E-state index is 0.107. The summed E-state index contributed by atoms with van der Waals surface area (Å²) in [5.41, 5.74) is 1.41. The first-order chi connectivity index (χ1) is 12.9. The number of rotatable bonds is 6.